The van der Waals surface area contributed by atoms with Crippen molar-refractivity contribution in [2.75, 3.05) is 39.2 Å². The fourth-order valence-electron chi connectivity index (χ4n) is 2.05. The molecule has 1 unspecified atom stereocenters. The molecular formula is C14H20N2O3. The van der Waals surface area contributed by atoms with Crippen molar-refractivity contribution in [1.29, 1.82) is 0 Å². The standard InChI is InChI=1S/C14H20N2O3/c1-16(8-5-9-18-2)14(17)13-10-15-11-6-3-4-7-12(11)19-13/h3-4,6-7,13,15H,5,8-10H2,1-2H3. The summed E-state index contributed by atoms with van der Waals surface area (Å²) in [6, 6.07) is 7.65. The molecule has 1 amide bonds. The van der Waals surface area contributed by atoms with E-state index >= 15 is 0 Å². The van der Waals surface area contributed by atoms with E-state index in [9.17, 15) is 4.79 Å². The lowest BCUT2D eigenvalue weighted by Gasteiger charge is -2.29. The minimum Gasteiger partial charge on any atom is -0.477 e. The van der Waals surface area contributed by atoms with Gasteiger partial charge in [-0.2, -0.15) is 0 Å². The number of nitrogens with zero attached hydrogens (tertiary/aromatic N) is 1. The molecule has 1 aromatic carbocycles. The smallest absolute Gasteiger partial charge is 0.265 e. The molecule has 0 saturated heterocycles. The van der Waals surface area contributed by atoms with E-state index in [1.54, 1.807) is 19.1 Å². The first-order chi connectivity index (χ1) is 9.22. The second kappa shape index (κ2) is 6.43. The maximum atomic E-state index is 12.2. The molecule has 19 heavy (non-hydrogen) atoms. The molecule has 2 rings (SSSR count). The van der Waals surface area contributed by atoms with Gasteiger partial charge in [0.15, 0.2) is 6.10 Å². The Bertz CT molecular complexity index is 436. The molecule has 1 atom stereocenters. The first-order valence-corrected chi connectivity index (χ1v) is 6.46. The third-order valence-electron chi connectivity index (χ3n) is 3.13. The van der Waals surface area contributed by atoms with Gasteiger partial charge in [0.25, 0.3) is 5.91 Å². The first kappa shape index (κ1) is 13.7. The molecular weight excluding hydrogens is 244 g/mol. The van der Waals surface area contributed by atoms with Crippen LogP contribution in [0.25, 0.3) is 0 Å². The number of methoxy groups -OCH3 is 1. The minimum atomic E-state index is -0.456. The predicted molar refractivity (Wildman–Crippen MR) is 73.5 cm³/mol. The monoisotopic (exact) mass is 264 g/mol. The number of carbonyl (C=O) groups is 1. The van der Waals surface area contributed by atoms with Crippen molar-refractivity contribution in [1.82, 2.24) is 4.90 Å². The van der Waals surface area contributed by atoms with Crippen molar-refractivity contribution in [2.45, 2.75) is 12.5 Å². The summed E-state index contributed by atoms with van der Waals surface area (Å²) in [5.74, 6) is 0.732. The highest BCUT2D eigenvalue weighted by molar-refractivity contribution is 5.83. The molecule has 0 spiro atoms. The number of hydrogen-bond donors (Lipinski definition) is 1. The molecule has 0 saturated carbocycles. The molecule has 0 aromatic heterocycles. The van der Waals surface area contributed by atoms with Crippen LogP contribution in [0.15, 0.2) is 24.3 Å². The number of rotatable bonds is 5. The van der Waals surface area contributed by atoms with Gasteiger partial charge in [-0.25, -0.2) is 0 Å². The van der Waals surface area contributed by atoms with Crippen molar-refractivity contribution >= 4 is 11.6 Å². The quantitative estimate of drug-likeness (QED) is 0.816. The number of nitrogens with one attached hydrogen (secondary N) is 1. The third kappa shape index (κ3) is 3.38. The molecule has 1 aliphatic rings. The van der Waals surface area contributed by atoms with Crippen LogP contribution in [0, 0.1) is 0 Å². The van der Waals surface area contributed by atoms with E-state index in [1.807, 2.05) is 24.3 Å². The van der Waals surface area contributed by atoms with E-state index in [4.69, 9.17) is 9.47 Å². The number of carbonyl (C=O) groups excluding carboxylic acids is 1. The van der Waals surface area contributed by atoms with Crippen LogP contribution < -0.4 is 10.1 Å². The summed E-state index contributed by atoms with van der Waals surface area (Å²) in [5, 5.41) is 3.22. The first-order valence-electron chi connectivity index (χ1n) is 6.46. The van der Waals surface area contributed by atoms with Crippen molar-refractivity contribution in [3.8, 4) is 5.75 Å². The average Bonchev–Trinajstić information content (AvgIpc) is 2.46. The molecule has 5 heteroatoms. The van der Waals surface area contributed by atoms with Gasteiger partial charge in [0, 0.05) is 27.3 Å². The highest BCUT2D eigenvalue weighted by atomic mass is 16.5. The van der Waals surface area contributed by atoms with E-state index in [2.05, 4.69) is 5.32 Å². The summed E-state index contributed by atoms with van der Waals surface area (Å²) in [6.45, 7) is 1.84. The van der Waals surface area contributed by atoms with Crippen LogP contribution >= 0.6 is 0 Å². The Morgan fingerprint density at radius 1 is 1.53 bits per heavy atom. The molecule has 0 aliphatic carbocycles. The van der Waals surface area contributed by atoms with Crippen LogP contribution in [0.1, 0.15) is 6.42 Å². The fourth-order valence-corrected chi connectivity index (χ4v) is 2.05. The number of hydrogen-bond acceptors (Lipinski definition) is 4. The Morgan fingerprint density at radius 3 is 3.11 bits per heavy atom. The normalized spacial score (nSPS) is 17.1. The Morgan fingerprint density at radius 2 is 2.32 bits per heavy atom. The third-order valence-corrected chi connectivity index (χ3v) is 3.13. The number of anilines is 1. The molecule has 1 aliphatic heterocycles. The second-order valence-electron chi connectivity index (χ2n) is 4.59. The van der Waals surface area contributed by atoms with Gasteiger partial charge in [0.05, 0.1) is 12.2 Å². The van der Waals surface area contributed by atoms with E-state index in [1.165, 1.54) is 0 Å². The zero-order valence-corrected chi connectivity index (χ0v) is 11.4. The molecule has 0 fully saturated rings. The summed E-state index contributed by atoms with van der Waals surface area (Å²) in [4.78, 5) is 13.9. The summed E-state index contributed by atoms with van der Waals surface area (Å²) >= 11 is 0. The van der Waals surface area contributed by atoms with Gasteiger partial charge in [-0.15, -0.1) is 0 Å². The lowest BCUT2D eigenvalue weighted by Crippen LogP contribution is -2.45. The van der Waals surface area contributed by atoms with E-state index < -0.39 is 6.10 Å². The summed E-state index contributed by atoms with van der Waals surface area (Å²) in [7, 11) is 3.45. The zero-order chi connectivity index (χ0) is 13.7. The van der Waals surface area contributed by atoms with Gasteiger partial charge in [-0.3, -0.25) is 4.79 Å². The van der Waals surface area contributed by atoms with Gasteiger partial charge >= 0.3 is 0 Å². The minimum absolute atomic E-state index is 0.00175. The molecule has 104 valence electrons. The molecule has 0 bridgehead atoms. The van der Waals surface area contributed by atoms with Gasteiger partial charge in [-0.1, -0.05) is 12.1 Å². The Balaban J connectivity index is 1.91. The van der Waals surface area contributed by atoms with Crippen molar-refractivity contribution < 1.29 is 14.3 Å². The van der Waals surface area contributed by atoms with Gasteiger partial charge in [0.1, 0.15) is 5.75 Å². The maximum Gasteiger partial charge on any atom is 0.265 e. The zero-order valence-electron chi connectivity index (χ0n) is 11.4. The highest BCUT2D eigenvalue weighted by Crippen LogP contribution is 2.28. The SMILES string of the molecule is COCCCN(C)C(=O)C1CNc2ccccc2O1. The molecule has 5 nitrogen and oxygen atoms in total. The Labute approximate surface area is 113 Å². The number of fused-ring (bicyclic) bond motifs is 1. The highest BCUT2D eigenvalue weighted by Gasteiger charge is 2.27. The van der Waals surface area contributed by atoms with Crippen molar-refractivity contribution in [2.24, 2.45) is 0 Å². The number of para-hydroxylation sites is 2. The number of ether oxygens (including phenoxy) is 2. The van der Waals surface area contributed by atoms with Crippen LogP contribution in [0.3, 0.4) is 0 Å². The lowest BCUT2D eigenvalue weighted by molar-refractivity contribution is -0.137. The summed E-state index contributed by atoms with van der Waals surface area (Å²) in [6.07, 6.45) is 0.373. The average molecular weight is 264 g/mol. The summed E-state index contributed by atoms with van der Waals surface area (Å²) < 4.78 is 10.7. The fraction of sp³-hybridized carbons (Fsp3) is 0.500. The number of amides is 1. The van der Waals surface area contributed by atoms with Gasteiger partial charge < -0.3 is 19.7 Å². The number of likely N-dealkylation sites (N-methyl/N-ethyl adjacent to an activating group) is 1. The lowest BCUT2D eigenvalue weighted by atomic mass is 10.2. The van der Waals surface area contributed by atoms with Crippen LogP contribution in [-0.4, -0.2) is 50.8 Å². The molecule has 1 heterocycles. The van der Waals surface area contributed by atoms with Crippen LogP contribution in [0.2, 0.25) is 0 Å². The van der Waals surface area contributed by atoms with E-state index in [-0.39, 0.29) is 5.91 Å². The van der Waals surface area contributed by atoms with Gasteiger partial charge in [0.2, 0.25) is 0 Å². The van der Waals surface area contributed by atoms with E-state index in [0.29, 0.717) is 19.7 Å². The molecule has 0 radical (unpaired) electrons. The molecule has 1 aromatic rings. The van der Waals surface area contributed by atoms with Crippen LogP contribution in [0.4, 0.5) is 5.69 Å². The topological polar surface area (TPSA) is 50.8 Å². The van der Waals surface area contributed by atoms with Crippen molar-refractivity contribution in [3.63, 3.8) is 0 Å². The second-order valence-corrected chi connectivity index (χ2v) is 4.59. The number of benzene rings is 1. The van der Waals surface area contributed by atoms with Crippen molar-refractivity contribution in [3.05, 3.63) is 24.3 Å². The Kier molecular flexibility index (Phi) is 4.63. The largest absolute Gasteiger partial charge is 0.477 e. The predicted octanol–water partition coefficient (Wildman–Crippen LogP) is 1.35. The van der Waals surface area contributed by atoms with Gasteiger partial charge in [-0.05, 0) is 18.6 Å². The molecule has 1 N–H and O–H groups in total. The maximum absolute atomic E-state index is 12.2. The van der Waals surface area contributed by atoms with Crippen LogP contribution in [0.5, 0.6) is 5.75 Å². The van der Waals surface area contributed by atoms with Crippen LogP contribution in [-0.2, 0) is 9.53 Å². The van der Waals surface area contributed by atoms with E-state index in [0.717, 1.165) is 17.9 Å². The Hall–Kier alpha value is -1.75. The summed E-state index contributed by atoms with van der Waals surface area (Å²) in [5.41, 5.74) is 0.939.